The highest BCUT2D eigenvalue weighted by atomic mass is 16.6. The zero-order chi connectivity index (χ0) is 17.4. The van der Waals surface area contributed by atoms with E-state index in [2.05, 4.69) is 0 Å². The molecule has 2 aromatic rings. The van der Waals surface area contributed by atoms with Crippen molar-refractivity contribution in [1.82, 2.24) is 0 Å². The zero-order valence-electron chi connectivity index (χ0n) is 13.3. The van der Waals surface area contributed by atoms with Crippen LogP contribution in [-0.2, 0) is 14.3 Å². The fourth-order valence-electron chi connectivity index (χ4n) is 2.02. The molecule has 126 valence electrons. The van der Waals surface area contributed by atoms with E-state index in [1.807, 2.05) is 6.92 Å². The van der Waals surface area contributed by atoms with E-state index in [1.165, 1.54) is 0 Å². The lowest BCUT2D eigenvalue weighted by Crippen LogP contribution is -2.28. The monoisotopic (exact) mass is 329 g/mol. The summed E-state index contributed by atoms with van der Waals surface area (Å²) < 4.78 is 15.8. The van der Waals surface area contributed by atoms with E-state index in [4.69, 9.17) is 19.9 Å². The van der Waals surface area contributed by atoms with Crippen LogP contribution in [0.2, 0.25) is 0 Å². The van der Waals surface area contributed by atoms with E-state index in [0.717, 1.165) is 0 Å². The summed E-state index contributed by atoms with van der Waals surface area (Å²) in [6.07, 6.45) is -1.14. The summed E-state index contributed by atoms with van der Waals surface area (Å²) >= 11 is 0. The molecule has 0 saturated carbocycles. The van der Waals surface area contributed by atoms with Crippen LogP contribution in [0.25, 0.3) is 0 Å². The number of hydrogen-bond acceptors (Lipinski definition) is 5. The molecule has 2 N–H and O–H groups in total. The molecule has 6 nitrogen and oxygen atoms in total. The van der Waals surface area contributed by atoms with Crippen molar-refractivity contribution in [3.8, 4) is 11.5 Å². The SMILES string of the molecule is CCOc1ccc(OCC(=O)OC(C(N)=O)c2ccccc2)cc1. The van der Waals surface area contributed by atoms with Crippen LogP contribution in [0.5, 0.6) is 11.5 Å². The van der Waals surface area contributed by atoms with Crippen molar-refractivity contribution in [2.24, 2.45) is 5.73 Å². The predicted molar refractivity (Wildman–Crippen MR) is 87.6 cm³/mol. The number of amides is 1. The van der Waals surface area contributed by atoms with E-state index >= 15 is 0 Å². The molecular weight excluding hydrogens is 310 g/mol. The normalized spacial score (nSPS) is 11.4. The lowest BCUT2D eigenvalue weighted by molar-refractivity contribution is -0.157. The summed E-state index contributed by atoms with van der Waals surface area (Å²) in [5, 5.41) is 0. The minimum absolute atomic E-state index is 0.329. The highest BCUT2D eigenvalue weighted by Crippen LogP contribution is 2.19. The van der Waals surface area contributed by atoms with Gasteiger partial charge in [-0.3, -0.25) is 4.79 Å². The fraction of sp³-hybridized carbons (Fsp3) is 0.222. The number of benzene rings is 2. The minimum atomic E-state index is -1.14. The van der Waals surface area contributed by atoms with Crippen LogP contribution in [0.4, 0.5) is 0 Å². The van der Waals surface area contributed by atoms with Gasteiger partial charge in [-0.05, 0) is 31.2 Å². The van der Waals surface area contributed by atoms with Crippen LogP contribution in [0.3, 0.4) is 0 Å². The maximum atomic E-state index is 11.9. The van der Waals surface area contributed by atoms with Gasteiger partial charge < -0.3 is 19.9 Å². The highest BCUT2D eigenvalue weighted by molar-refractivity contribution is 5.83. The Hall–Kier alpha value is -3.02. The van der Waals surface area contributed by atoms with Gasteiger partial charge in [0.25, 0.3) is 5.91 Å². The van der Waals surface area contributed by atoms with E-state index < -0.39 is 18.0 Å². The summed E-state index contributed by atoms with van der Waals surface area (Å²) in [5.74, 6) is -0.219. The Balaban J connectivity index is 1.90. The quantitative estimate of drug-likeness (QED) is 0.750. The fourth-order valence-corrected chi connectivity index (χ4v) is 2.02. The van der Waals surface area contributed by atoms with E-state index in [1.54, 1.807) is 54.6 Å². The molecular formula is C18H19NO5. The molecule has 2 rings (SSSR count). The number of carbonyl (C=O) groups excluding carboxylic acids is 2. The van der Waals surface area contributed by atoms with Gasteiger partial charge in [0.05, 0.1) is 6.61 Å². The summed E-state index contributed by atoms with van der Waals surface area (Å²) in [5.41, 5.74) is 5.81. The van der Waals surface area contributed by atoms with E-state index in [9.17, 15) is 9.59 Å². The number of hydrogen-bond donors (Lipinski definition) is 1. The molecule has 0 fully saturated rings. The molecule has 0 aliphatic carbocycles. The largest absolute Gasteiger partial charge is 0.494 e. The Morgan fingerprint density at radius 3 is 2.08 bits per heavy atom. The molecule has 0 spiro atoms. The summed E-state index contributed by atoms with van der Waals surface area (Å²) in [6.45, 7) is 2.13. The molecule has 0 heterocycles. The lowest BCUT2D eigenvalue weighted by atomic mass is 10.1. The van der Waals surface area contributed by atoms with Crippen LogP contribution < -0.4 is 15.2 Å². The van der Waals surface area contributed by atoms with Gasteiger partial charge in [-0.15, -0.1) is 0 Å². The Bertz CT molecular complexity index is 670. The van der Waals surface area contributed by atoms with Crippen LogP contribution in [0.1, 0.15) is 18.6 Å². The number of ether oxygens (including phenoxy) is 3. The third-order valence-corrected chi connectivity index (χ3v) is 3.10. The molecule has 1 unspecified atom stereocenters. The van der Waals surface area contributed by atoms with Crippen molar-refractivity contribution in [3.05, 3.63) is 60.2 Å². The molecule has 1 amide bonds. The summed E-state index contributed by atoms with van der Waals surface area (Å²) in [4.78, 5) is 23.4. The summed E-state index contributed by atoms with van der Waals surface area (Å²) in [6, 6.07) is 15.4. The van der Waals surface area contributed by atoms with Gasteiger partial charge in [0.1, 0.15) is 11.5 Å². The number of primary amides is 1. The van der Waals surface area contributed by atoms with Gasteiger partial charge in [-0.2, -0.15) is 0 Å². The first kappa shape index (κ1) is 17.3. The van der Waals surface area contributed by atoms with Crippen LogP contribution in [-0.4, -0.2) is 25.1 Å². The minimum Gasteiger partial charge on any atom is -0.494 e. The van der Waals surface area contributed by atoms with Crippen LogP contribution in [0, 0.1) is 0 Å². The third-order valence-electron chi connectivity index (χ3n) is 3.10. The van der Waals surface area contributed by atoms with Gasteiger partial charge in [0, 0.05) is 5.56 Å². The Kier molecular flexibility index (Phi) is 6.19. The maximum absolute atomic E-state index is 11.9. The lowest BCUT2D eigenvalue weighted by Gasteiger charge is -2.15. The van der Waals surface area contributed by atoms with Crippen molar-refractivity contribution < 1.29 is 23.8 Å². The van der Waals surface area contributed by atoms with Crippen molar-refractivity contribution in [2.75, 3.05) is 13.2 Å². The van der Waals surface area contributed by atoms with Crippen molar-refractivity contribution in [2.45, 2.75) is 13.0 Å². The molecule has 1 atom stereocenters. The molecule has 24 heavy (non-hydrogen) atoms. The smallest absolute Gasteiger partial charge is 0.345 e. The van der Waals surface area contributed by atoms with Crippen molar-refractivity contribution in [1.29, 1.82) is 0 Å². The van der Waals surface area contributed by atoms with Gasteiger partial charge in [-0.1, -0.05) is 30.3 Å². The molecule has 0 aliphatic rings. The summed E-state index contributed by atoms with van der Waals surface area (Å²) in [7, 11) is 0. The topological polar surface area (TPSA) is 87.8 Å². The Labute approximate surface area is 140 Å². The molecule has 0 saturated heterocycles. The third kappa shape index (κ3) is 5.01. The second-order valence-corrected chi connectivity index (χ2v) is 4.88. The number of rotatable bonds is 8. The average Bonchev–Trinajstić information content (AvgIpc) is 2.60. The van der Waals surface area contributed by atoms with Crippen LogP contribution in [0.15, 0.2) is 54.6 Å². The maximum Gasteiger partial charge on any atom is 0.345 e. The standard InChI is InChI=1S/C18H19NO5/c1-2-22-14-8-10-15(11-9-14)23-12-16(20)24-17(18(19)21)13-6-4-3-5-7-13/h3-11,17H,2,12H2,1H3,(H2,19,21). The first-order chi connectivity index (χ1) is 11.6. The average molecular weight is 329 g/mol. The molecule has 6 heteroatoms. The van der Waals surface area contributed by atoms with Gasteiger partial charge >= 0.3 is 5.97 Å². The van der Waals surface area contributed by atoms with Crippen molar-refractivity contribution in [3.63, 3.8) is 0 Å². The van der Waals surface area contributed by atoms with E-state index in [0.29, 0.717) is 23.7 Å². The number of carbonyl (C=O) groups is 2. The number of nitrogens with two attached hydrogens (primary N) is 1. The Morgan fingerprint density at radius 1 is 0.958 bits per heavy atom. The van der Waals surface area contributed by atoms with Gasteiger partial charge in [0.2, 0.25) is 6.10 Å². The van der Waals surface area contributed by atoms with Crippen LogP contribution >= 0.6 is 0 Å². The van der Waals surface area contributed by atoms with Crippen molar-refractivity contribution >= 4 is 11.9 Å². The molecule has 0 aromatic heterocycles. The Morgan fingerprint density at radius 2 is 1.54 bits per heavy atom. The molecule has 0 radical (unpaired) electrons. The predicted octanol–water partition coefficient (Wildman–Crippen LogP) is 2.23. The number of esters is 1. The molecule has 0 aliphatic heterocycles. The first-order valence-electron chi connectivity index (χ1n) is 7.49. The van der Waals surface area contributed by atoms with Gasteiger partial charge in [-0.25, -0.2) is 4.79 Å². The highest BCUT2D eigenvalue weighted by Gasteiger charge is 2.22. The second-order valence-electron chi connectivity index (χ2n) is 4.88. The second kappa shape index (κ2) is 8.57. The molecule has 0 bridgehead atoms. The first-order valence-corrected chi connectivity index (χ1v) is 7.49. The zero-order valence-corrected chi connectivity index (χ0v) is 13.3. The van der Waals surface area contributed by atoms with Gasteiger partial charge in [0.15, 0.2) is 6.61 Å². The van der Waals surface area contributed by atoms with E-state index in [-0.39, 0.29) is 6.61 Å². The molecule has 2 aromatic carbocycles.